The highest BCUT2D eigenvalue weighted by Gasteiger charge is 2.66. The summed E-state index contributed by atoms with van der Waals surface area (Å²) < 4.78 is 0. The number of allylic oxidation sites excluding steroid dienone is 4. The topological polar surface area (TPSA) is 181 Å². The minimum absolute atomic E-state index is 0.00732. The molecule has 1 N–H and O–H groups in total. The van der Waals surface area contributed by atoms with E-state index in [0.717, 1.165) is 17.0 Å². The summed E-state index contributed by atoms with van der Waals surface area (Å²) in [5.41, 5.74) is -0.613. The van der Waals surface area contributed by atoms with Crippen LogP contribution in [0.15, 0.2) is 115 Å². The van der Waals surface area contributed by atoms with Gasteiger partial charge in [0.2, 0.25) is 11.8 Å². The Morgan fingerprint density at radius 3 is 1.98 bits per heavy atom. The molecule has 55 heavy (non-hydrogen) atoms. The predicted octanol–water partition coefficient (Wildman–Crippen LogP) is 6.30. The van der Waals surface area contributed by atoms with Gasteiger partial charge in [0.15, 0.2) is 17.3 Å². The first kappa shape index (κ1) is 35.3. The van der Waals surface area contributed by atoms with Crippen LogP contribution in [0.1, 0.15) is 35.4 Å². The van der Waals surface area contributed by atoms with Crippen molar-refractivity contribution in [2.45, 2.75) is 24.2 Å². The Balaban J connectivity index is 1.32. The number of Topliss-reactive ketones (excluding diaryl/α,β-unsaturated/α-hetero) is 1. The lowest BCUT2D eigenvalue weighted by molar-refractivity contribution is -0.392. The number of benzene rings is 4. The van der Waals surface area contributed by atoms with Crippen LogP contribution >= 0.6 is 0 Å². The molecule has 4 aliphatic rings. The standard InChI is InChI=1S/C42H34N4O9/c1-43(2)38-33(45(52)53)19-26(20-34(38)46(54)55)44-40(50)29-18-17-28-31(36(29)41(44)51)21-32-39(49)30(23-9-5-3-6-10-23)22-35(48)42(32,25-11-7-4-8-12-25)37(28)24-13-15-27(47)16-14-24/h3-17,19-20,22,29,31-32,36-37,47H,18,21H2,1-2H3/t29-,31+,32-,36-,37-,42-/m0/s1. The number of ketones is 2. The van der Waals surface area contributed by atoms with Crippen LogP contribution < -0.4 is 9.80 Å². The molecule has 8 rings (SSSR count). The van der Waals surface area contributed by atoms with Gasteiger partial charge in [-0.25, -0.2) is 4.90 Å². The molecule has 4 aromatic carbocycles. The molecule has 0 unspecified atom stereocenters. The van der Waals surface area contributed by atoms with Crippen LogP contribution in [-0.4, -0.2) is 52.4 Å². The predicted molar refractivity (Wildman–Crippen MR) is 201 cm³/mol. The number of rotatable bonds is 7. The molecule has 2 amide bonds. The van der Waals surface area contributed by atoms with Crippen molar-refractivity contribution in [3.63, 3.8) is 0 Å². The minimum Gasteiger partial charge on any atom is -0.508 e. The van der Waals surface area contributed by atoms with E-state index in [-0.39, 0.29) is 47.1 Å². The number of hydrogen-bond acceptors (Lipinski definition) is 10. The van der Waals surface area contributed by atoms with Gasteiger partial charge < -0.3 is 10.0 Å². The summed E-state index contributed by atoms with van der Waals surface area (Å²) in [6.07, 6.45) is 3.39. The van der Waals surface area contributed by atoms with E-state index >= 15 is 9.59 Å². The molecule has 1 aliphatic heterocycles. The van der Waals surface area contributed by atoms with Crippen LogP contribution in [0.5, 0.6) is 5.75 Å². The van der Waals surface area contributed by atoms with E-state index in [1.54, 1.807) is 54.6 Å². The van der Waals surface area contributed by atoms with Crippen molar-refractivity contribution in [3.8, 4) is 5.75 Å². The van der Waals surface area contributed by atoms with E-state index in [0.29, 0.717) is 22.3 Å². The highest BCUT2D eigenvalue weighted by molar-refractivity contribution is 6.32. The first-order valence-corrected chi connectivity index (χ1v) is 17.8. The van der Waals surface area contributed by atoms with E-state index in [1.165, 1.54) is 37.2 Å². The number of carbonyl (C=O) groups is 4. The molecule has 1 heterocycles. The van der Waals surface area contributed by atoms with Gasteiger partial charge in [-0.2, -0.15) is 0 Å². The zero-order valence-electron chi connectivity index (χ0n) is 29.7. The van der Waals surface area contributed by atoms with Crippen molar-refractivity contribution in [2.24, 2.45) is 23.7 Å². The number of phenols is 1. The molecule has 276 valence electrons. The SMILES string of the molecule is CN(C)c1c([N+](=O)[O-])cc(N2C(=O)[C@H]3[C@H](CC=C4[C@H]3C[C@H]3C(=O)C(c5ccccc5)=CC(=O)[C@@]3(c3ccccc3)[C@H]4c3ccc(O)cc3)C2=O)cc1[N+](=O)[O-]. The Bertz CT molecular complexity index is 2360. The van der Waals surface area contributed by atoms with Gasteiger partial charge in [-0.05, 0) is 53.7 Å². The van der Waals surface area contributed by atoms with Gasteiger partial charge in [-0.1, -0.05) is 84.4 Å². The Morgan fingerprint density at radius 1 is 0.800 bits per heavy atom. The maximum atomic E-state index is 15.1. The van der Waals surface area contributed by atoms with Crippen molar-refractivity contribution in [1.29, 1.82) is 0 Å². The maximum Gasteiger partial charge on any atom is 0.301 e. The summed E-state index contributed by atoms with van der Waals surface area (Å²) in [7, 11) is 2.84. The maximum absolute atomic E-state index is 15.1. The third-order valence-electron chi connectivity index (χ3n) is 11.8. The number of anilines is 2. The molecule has 0 spiro atoms. The van der Waals surface area contributed by atoms with Crippen molar-refractivity contribution >= 4 is 51.7 Å². The Morgan fingerprint density at radius 2 is 1.40 bits per heavy atom. The largest absolute Gasteiger partial charge is 0.508 e. The molecule has 0 radical (unpaired) electrons. The van der Waals surface area contributed by atoms with Crippen molar-refractivity contribution in [2.75, 3.05) is 23.9 Å². The minimum atomic E-state index is -1.46. The normalized spacial score (nSPS) is 25.7. The van der Waals surface area contributed by atoms with E-state index in [2.05, 4.69) is 0 Å². The summed E-state index contributed by atoms with van der Waals surface area (Å²) in [6, 6.07) is 26.3. The van der Waals surface area contributed by atoms with Crippen LogP contribution in [0.3, 0.4) is 0 Å². The van der Waals surface area contributed by atoms with Gasteiger partial charge in [0.05, 0.1) is 32.8 Å². The van der Waals surface area contributed by atoms with Gasteiger partial charge in [0.25, 0.3) is 0 Å². The first-order valence-electron chi connectivity index (χ1n) is 17.8. The third-order valence-corrected chi connectivity index (χ3v) is 11.8. The smallest absolute Gasteiger partial charge is 0.301 e. The molecular weight excluding hydrogens is 704 g/mol. The quantitative estimate of drug-likeness (QED) is 0.0978. The zero-order valence-corrected chi connectivity index (χ0v) is 29.7. The Labute approximate surface area is 314 Å². The highest BCUT2D eigenvalue weighted by atomic mass is 16.6. The lowest BCUT2D eigenvalue weighted by Crippen LogP contribution is -2.58. The Kier molecular flexibility index (Phi) is 8.32. The highest BCUT2D eigenvalue weighted by Crippen LogP contribution is 2.64. The lowest BCUT2D eigenvalue weighted by atomic mass is 9.44. The summed E-state index contributed by atoms with van der Waals surface area (Å²) >= 11 is 0. The second-order valence-corrected chi connectivity index (χ2v) is 14.6. The number of hydrogen-bond donors (Lipinski definition) is 1. The first-order chi connectivity index (χ1) is 26.4. The van der Waals surface area contributed by atoms with Crippen molar-refractivity contribution < 1.29 is 34.1 Å². The molecule has 6 atom stereocenters. The molecule has 1 saturated carbocycles. The molecular formula is C42H34N4O9. The van der Waals surface area contributed by atoms with E-state index in [1.807, 2.05) is 24.3 Å². The van der Waals surface area contributed by atoms with Crippen LogP contribution in [0, 0.1) is 43.9 Å². The molecule has 3 aliphatic carbocycles. The number of carbonyl (C=O) groups excluding carboxylic acids is 4. The summed E-state index contributed by atoms with van der Waals surface area (Å²) in [4.78, 5) is 84.0. The number of aromatic hydroxyl groups is 1. The Hall–Kier alpha value is -6.76. The van der Waals surface area contributed by atoms with E-state index in [4.69, 9.17) is 0 Å². The van der Waals surface area contributed by atoms with Gasteiger partial charge in [-0.3, -0.25) is 39.4 Å². The van der Waals surface area contributed by atoms with Crippen molar-refractivity contribution in [1.82, 2.24) is 0 Å². The molecule has 13 heteroatoms. The van der Waals surface area contributed by atoms with Gasteiger partial charge in [0, 0.05) is 43.6 Å². The zero-order chi connectivity index (χ0) is 38.9. The molecule has 4 aromatic rings. The summed E-state index contributed by atoms with van der Waals surface area (Å²) in [5.74, 6) is -6.47. The van der Waals surface area contributed by atoms with E-state index in [9.17, 15) is 34.9 Å². The lowest BCUT2D eigenvalue weighted by Gasteiger charge is -2.55. The second-order valence-electron chi connectivity index (χ2n) is 14.6. The average molecular weight is 739 g/mol. The monoisotopic (exact) mass is 738 g/mol. The molecule has 2 fully saturated rings. The number of phenolic OH excluding ortho intramolecular Hbond substituents is 1. The number of nitrogens with zero attached hydrogens (tertiary/aromatic N) is 4. The third kappa shape index (κ3) is 5.21. The van der Waals surface area contributed by atoms with Crippen LogP contribution in [0.25, 0.3) is 5.57 Å². The van der Waals surface area contributed by atoms with Gasteiger partial charge in [0.1, 0.15) is 5.75 Å². The molecule has 0 aromatic heterocycles. The molecule has 1 saturated heterocycles. The molecule has 0 bridgehead atoms. The van der Waals surface area contributed by atoms with Crippen LogP contribution in [0.2, 0.25) is 0 Å². The fraction of sp³-hybridized carbons (Fsp3) is 0.238. The summed E-state index contributed by atoms with van der Waals surface area (Å²) in [5, 5.41) is 34.7. The number of amides is 2. The van der Waals surface area contributed by atoms with E-state index < -0.39 is 68.0 Å². The van der Waals surface area contributed by atoms with Gasteiger partial charge in [-0.15, -0.1) is 0 Å². The fourth-order valence-corrected chi connectivity index (χ4v) is 9.63. The number of nitro groups is 2. The number of fused-ring (bicyclic) bond motifs is 4. The number of nitro benzene ring substituents is 2. The summed E-state index contributed by atoms with van der Waals surface area (Å²) in [6.45, 7) is 0. The molecule has 13 nitrogen and oxygen atoms in total. The average Bonchev–Trinajstić information content (AvgIpc) is 3.44. The second kappa shape index (κ2) is 13.0. The van der Waals surface area contributed by atoms with Crippen LogP contribution in [-0.2, 0) is 24.6 Å². The van der Waals surface area contributed by atoms with Gasteiger partial charge >= 0.3 is 11.4 Å². The number of imide groups is 1. The van der Waals surface area contributed by atoms with Crippen molar-refractivity contribution in [3.05, 3.63) is 152 Å². The fourth-order valence-electron chi connectivity index (χ4n) is 9.63. The van der Waals surface area contributed by atoms with Crippen LogP contribution in [0.4, 0.5) is 22.7 Å².